The van der Waals surface area contributed by atoms with Crippen molar-refractivity contribution in [1.82, 2.24) is 0 Å². The Balaban J connectivity index is 1.75. The SMILES string of the molecule is COc1cc(N)cc(NC2Cc3ccccc3C2)c1. The molecule has 98 valence electrons. The molecule has 1 aliphatic carbocycles. The number of benzene rings is 2. The van der Waals surface area contributed by atoms with Crippen molar-refractivity contribution in [2.75, 3.05) is 18.2 Å². The number of rotatable bonds is 3. The number of nitrogens with one attached hydrogen (secondary N) is 1. The number of nitrogen functional groups attached to an aromatic ring is 1. The number of ether oxygens (including phenoxy) is 1. The molecule has 0 unspecified atom stereocenters. The Morgan fingerprint density at radius 1 is 1.11 bits per heavy atom. The van der Waals surface area contributed by atoms with Crippen molar-refractivity contribution in [1.29, 1.82) is 0 Å². The normalized spacial score (nSPS) is 14.2. The first kappa shape index (κ1) is 11.9. The number of fused-ring (bicyclic) bond motifs is 1. The Morgan fingerprint density at radius 3 is 2.42 bits per heavy atom. The minimum atomic E-state index is 0.434. The highest BCUT2D eigenvalue weighted by Gasteiger charge is 2.20. The summed E-state index contributed by atoms with van der Waals surface area (Å²) in [5, 5.41) is 3.54. The summed E-state index contributed by atoms with van der Waals surface area (Å²) in [6.45, 7) is 0. The second-order valence-corrected chi connectivity index (χ2v) is 5.01. The lowest BCUT2D eigenvalue weighted by Crippen LogP contribution is -2.19. The highest BCUT2D eigenvalue weighted by molar-refractivity contribution is 5.60. The number of methoxy groups -OCH3 is 1. The van der Waals surface area contributed by atoms with Crippen molar-refractivity contribution >= 4 is 11.4 Å². The molecular formula is C16H18N2O. The average Bonchev–Trinajstić information content (AvgIpc) is 2.80. The lowest BCUT2D eigenvalue weighted by Gasteiger charge is -2.15. The molecule has 0 atom stereocenters. The van der Waals surface area contributed by atoms with E-state index in [9.17, 15) is 0 Å². The smallest absolute Gasteiger partial charge is 0.122 e. The van der Waals surface area contributed by atoms with Crippen LogP contribution in [0.5, 0.6) is 5.75 Å². The molecule has 1 aliphatic rings. The number of hydrogen-bond donors (Lipinski definition) is 2. The fourth-order valence-electron chi connectivity index (χ4n) is 2.72. The third kappa shape index (κ3) is 2.50. The van der Waals surface area contributed by atoms with Gasteiger partial charge >= 0.3 is 0 Å². The van der Waals surface area contributed by atoms with Crippen molar-refractivity contribution < 1.29 is 4.74 Å². The second-order valence-electron chi connectivity index (χ2n) is 5.01. The van der Waals surface area contributed by atoms with E-state index in [4.69, 9.17) is 10.5 Å². The zero-order valence-electron chi connectivity index (χ0n) is 11.0. The standard InChI is InChI=1S/C16H18N2O/c1-19-16-9-13(17)8-15(10-16)18-14-6-11-4-2-3-5-12(11)7-14/h2-5,8-10,14,18H,6-7,17H2,1H3. The van der Waals surface area contributed by atoms with E-state index in [1.807, 2.05) is 18.2 Å². The average molecular weight is 254 g/mol. The van der Waals surface area contributed by atoms with Gasteiger partial charge in [0.25, 0.3) is 0 Å². The Morgan fingerprint density at radius 2 is 1.79 bits per heavy atom. The predicted molar refractivity (Wildman–Crippen MR) is 78.7 cm³/mol. The molecule has 3 N–H and O–H groups in total. The van der Waals surface area contributed by atoms with Crippen LogP contribution < -0.4 is 15.8 Å². The van der Waals surface area contributed by atoms with Gasteiger partial charge in [-0.05, 0) is 30.0 Å². The molecule has 0 fully saturated rings. The molecule has 2 aromatic rings. The van der Waals surface area contributed by atoms with E-state index in [1.165, 1.54) is 11.1 Å². The van der Waals surface area contributed by atoms with Gasteiger partial charge in [-0.15, -0.1) is 0 Å². The van der Waals surface area contributed by atoms with Crippen LogP contribution in [0.15, 0.2) is 42.5 Å². The van der Waals surface area contributed by atoms with Gasteiger partial charge in [0.05, 0.1) is 7.11 Å². The molecule has 0 bridgehead atoms. The van der Waals surface area contributed by atoms with Gasteiger partial charge in [0.1, 0.15) is 5.75 Å². The molecule has 0 radical (unpaired) electrons. The molecule has 0 spiro atoms. The highest BCUT2D eigenvalue weighted by Crippen LogP contribution is 2.27. The first-order chi connectivity index (χ1) is 9.24. The maximum Gasteiger partial charge on any atom is 0.122 e. The first-order valence-corrected chi connectivity index (χ1v) is 6.52. The zero-order valence-corrected chi connectivity index (χ0v) is 11.0. The van der Waals surface area contributed by atoms with Crippen LogP contribution in [-0.4, -0.2) is 13.2 Å². The van der Waals surface area contributed by atoms with Crippen LogP contribution in [0.1, 0.15) is 11.1 Å². The quantitative estimate of drug-likeness (QED) is 0.828. The van der Waals surface area contributed by atoms with Crippen LogP contribution in [-0.2, 0) is 12.8 Å². The number of anilines is 2. The van der Waals surface area contributed by atoms with Gasteiger partial charge in [-0.2, -0.15) is 0 Å². The Bertz CT molecular complexity index is 570. The van der Waals surface area contributed by atoms with Crippen molar-refractivity contribution in [2.24, 2.45) is 0 Å². The lowest BCUT2D eigenvalue weighted by molar-refractivity contribution is 0.415. The molecule has 0 amide bonds. The molecule has 3 heteroatoms. The van der Waals surface area contributed by atoms with E-state index in [1.54, 1.807) is 7.11 Å². The fraction of sp³-hybridized carbons (Fsp3) is 0.250. The molecule has 0 heterocycles. The van der Waals surface area contributed by atoms with E-state index in [0.717, 1.165) is 30.0 Å². The summed E-state index contributed by atoms with van der Waals surface area (Å²) in [4.78, 5) is 0. The van der Waals surface area contributed by atoms with Crippen LogP contribution in [0, 0.1) is 0 Å². The third-order valence-corrected chi connectivity index (χ3v) is 3.59. The Hall–Kier alpha value is -2.16. The molecule has 0 aromatic heterocycles. The summed E-state index contributed by atoms with van der Waals surface area (Å²) in [5.74, 6) is 0.790. The Labute approximate surface area is 113 Å². The van der Waals surface area contributed by atoms with Gasteiger partial charge in [0, 0.05) is 29.5 Å². The minimum Gasteiger partial charge on any atom is -0.497 e. The van der Waals surface area contributed by atoms with Gasteiger partial charge in [-0.1, -0.05) is 24.3 Å². The van der Waals surface area contributed by atoms with Crippen LogP contribution in [0.4, 0.5) is 11.4 Å². The van der Waals surface area contributed by atoms with Gasteiger partial charge in [0.15, 0.2) is 0 Å². The fourth-order valence-corrected chi connectivity index (χ4v) is 2.72. The van der Waals surface area contributed by atoms with E-state index in [-0.39, 0.29) is 0 Å². The van der Waals surface area contributed by atoms with Gasteiger partial charge in [0.2, 0.25) is 0 Å². The summed E-state index contributed by atoms with van der Waals surface area (Å²) >= 11 is 0. The zero-order chi connectivity index (χ0) is 13.2. The first-order valence-electron chi connectivity index (χ1n) is 6.52. The van der Waals surface area contributed by atoms with E-state index in [0.29, 0.717) is 6.04 Å². The largest absolute Gasteiger partial charge is 0.497 e. The van der Waals surface area contributed by atoms with E-state index in [2.05, 4.69) is 29.6 Å². The van der Waals surface area contributed by atoms with Gasteiger partial charge in [-0.25, -0.2) is 0 Å². The van der Waals surface area contributed by atoms with Crippen molar-refractivity contribution in [2.45, 2.75) is 18.9 Å². The van der Waals surface area contributed by atoms with Crippen LogP contribution in [0.3, 0.4) is 0 Å². The molecule has 3 nitrogen and oxygen atoms in total. The highest BCUT2D eigenvalue weighted by atomic mass is 16.5. The summed E-state index contributed by atoms with van der Waals surface area (Å²) in [5.41, 5.74) is 10.5. The van der Waals surface area contributed by atoms with Gasteiger partial charge in [-0.3, -0.25) is 0 Å². The van der Waals surface area contributed by atoms with Crippen LogP contribution in [0.25, 0.3) is 0 Å². The molecule has 0 saturated heterocycles. The van der Waals surface area contributed by atoms with Crippen molar-refractivity contribution in [3.63, 3.8) is 0 Å². The van der Waals surface area contributed by atoms with Crippen LogP contribution in [0.2, 0.25) is 0 Å². The van der Waals surface area contributed by atoms with E-state index >= 15 is 0 Å². The molecule has 2 aromatic carbocycles. The predicted octanol–water partition coefficient (Wildman–Crippen LogP) is 2.86. The lowest BCUT2D eigenvalue weighted by atomic mass is 10.1. The summed E-state index contributed by atoms with van der Waals surface area (Å²) in [7, 11) is 1.66. The summed E-state index contributed by atoms with van der Waals surface area (Å²) in [6.07, 6.45) is 2.13. The second kappa shape index (κ2) is 4.84. The molecule has 19 heavy (non-hydrogen) atoms. The molecule has 0 aliphatic heterocycles. The molecular weight excluding hydrogens is 236 g/mol. The maximum atomic E-state index is 5.87. The monoisotopic (exact) mass is 254 g/mol. The van der Waals surface area contributed by atoms with Gasteiger partial charge < -0.3 is 15.8 Å². The molecule has 0 saturated carbocycles. The topological polar surface area (TPSA) is 47.3 Å². The van der Waals surface area contributed by atoms with Crippen LogP contribution >= 0.6 is 0 Å². The number of hydrogen-bond acceptors (Lipinski definition) is 3. The third-order valence-electron chi connectivity index (χ3n) is 3.59. The maximum absolute atomic E-state index is 5.87. The molecule has 3 rings (SSSR count). The van der Waals surface area contributed by atoms with E-state index < -0.39 is 0 Å². The summed E-state index contributed by atoms with van der Waals surface area (Å²) < 4.78 is 5.24. The minimum absolute atomic E-state index is 0.434. The Kier molecular flexibility index (Phi) is 3.03. The van der Waals surface area contributed by atoms with Crippen molar-refractivity contribution in [3.05, 3.63) is 53.6 Å². The number of nitrogens with two attached hydrogens (primary N) is 1. The van der Waals surface area contributed by atoms with Crippen molar-refractivity contribution in [3.8, 4) is 5.75 Å². The summed E-state index contributed by atoms with van der Waals surface area (Å²) in [6, 6.07) is 14.8.